The molecule has 0 spiro atoms. The van der Waals surface area contributed by atoms with E-state index >= 15 is 0 Å². The number of aryl methyl sites for hydroxylation is 1. The molecule has 0 fully saturated rings. The Bertz CT molecular complexity index is 1770. The molecule has 10 nitrogen and oxygen atoms in total. The highest BCUT2D eigenvalue weighted by Gasteiger charge is 2.26. The second-order valence-corrected chi connectivity index (χ2v) is 10.1. The van der Waals surface area contributed by atoms with Crippen LogP contribution in [-0.2, 0) is 24.8 Å². The average molecular weight is 556 g/mol. The summed E-state index contributed by atoms with van der Waals surface area (Å²) in [6, 6.07) is 12.9. The molecular weight excluding hydrogens is 522 g/mol. The largest absolute Gasteiger partial charge is 0.497 e. The summed E-state index contributed by atoms with van der Waals surface area (Å²) < 4.78 is 15.1. The number of ether oxygens (including phenoxy) is 2. The standard InChI is InChI=1S/C31H33N5O5/c1-18(2)36-23(7-6-12-37)27(25-13-19-8-9-20(31(38)39)14-24(19)35(25)3)28-29(33-17-34-30(28)36)32-16-21-10-11-22(40-4)15-26(21)41-5/h8-15,17-18H,6-7,16H2,1-5H3,(H,38,39)(H,32,33,34). The zero-order chi connectivity index (χ0) is 29.3. The Morgan fingerprint density at radius 2 is 1.90 bits per heavy atom. The summed E-state index contributed by atoms with van der Waals surface area (Å²) in [5.74, 6) is 1.06. The molecule has 41 heavy (non-hydrogen) atoms. The Labute approximate surface area is 237 Å². The Hall–Kier alpha value is -4.86. The van der Waals surface area contributed by atoms with Gasteiger partial charge in [0.1, 0.15) is 35.6 Å². The van der Waals surface area contributed by atoms with Crippen molar-refractivity contribution in [2.24, 2.45) is 7.05 Å². The number of hydrogen-bond acceptors (Lipinski definition) is 7. The van der Waals surface area contributed by atoms with Crippen molar-refractivity contribution in [1.29, 1.82) is 0 Å². The molecule has 2 N–H and O–H groups in total. The van der Waals surface area contributed by atoms with E-state index in [1.807, 2.05) is 41.9 Å². The van der Waals surface area contributed by atoms with Crippen molar-refractivity contribution >= 4 is 40.0 Å². The molecule has 3 aromatic heterocycles. The van der Waals surface area contributed by atoms with Crippen LogP contribution in [-0.4, -0.2) is 50.7 Å². The molecule has 0 aliphatic heterocycles. The maximum atomic E-state index is 11.7. The average Bonchev–Trinajstić information content (AvgIpc) is 3.48. The number of benzene rings is 2. The highest BCUT2D eigenvalue weighted by molar-refractivity contribution is 6.05. The number of nitrogens with zero attached hydrogens (tertiary/aromatic N) is 4. The van der Waals surface area contributed by atoms with E-state index in [0.717, 1.165) is 50.7 Å². The van der Waals surface area contributed by atoms with Crippen LogP contribution < -0.4 is 14.8 Å². The van der Waals surface area contributed by atoms with Crippen LogP contribution in [0.1, 0.15) is 47.9 Å². The van der Waals surface area contributed by atoms with Crippen molar-refractivity contribution in [2.45, 2.75) is 39.3 Å². The SMILES string of the molecule is COc1ccc(CNc2ncnc3c2c(-c2cc4ccc(C(=O)O)cc4n2C)c(CCC=O)n3C(C)C)c(OC)c1. The van der Waals surface area contributed by atoms with Crippen LogP contribution in [0.25, 0.3) is 33.2 Å². The molecule has 0 amide bonds. The molecule has 10 heteroatoms. The summed E-state index contributed by atoms with van der Waals surface area (Å²) in [4.78, 5) is 32.6. The lowest BCUT2D eigenvalue weighted by Crippen LogP contribution is -2.08. The number of carboxylic acids is 1. The number of aromatic carboxylic acids is 1. The molecule has 3 heterocycles. The van der Waals surface area contributed by atoms with Gasteiger partial charge < -0.3 is 33.8 Å². The number of anilines is 1. The first-order valence-electron chi connectivity index (χ1n) is 13.4. The first-order valence-corrected chi connectivity index (χ1v) is 13.4. The Morgan fingerprint density at radius 1 is 1.10 bits per heavy atom. The van der Waals surface area contributed by atoms with Gasteiger partial charge in [-0.25, -0.2) is 14.8 Å². The number of hydrogen-bond donors (Lipinski definition) is 2. The van der Waals surface area contributed by atoms with Crippen molar-refractivity contribution in [3.05, 3.63) is 65.6 Å². The zero-order valence-corrected chi connectivity index (χ0v) is 23.8. The predicted molar refractivity (Wildman–Crippen MR) is 158 cm³/mol. The van der Waals surface area contributed by atoms with Gasteiger partial charge in [-0.15, -0.1) is 0 Å². The maximum absolute atomic E-state index is 11.7. The molecule has 0 radical (unpaired) electrons. The van der Waals surface area contributed by atoms with Crippen LogP contribution in [0.4, 0.5) is 5.82 Å². The number of fused-ring (bicyclic) bond motifs is 2. The molecular formula is C31H33N5O5. The third kappa shape index (κ3) is 4.97. The summed E-state index contributed by atoms with van der Waals surface area (Å²) in [5, 5.41) is 14.8. The molecule has 5 rings (SSSR count). The van der Waals surface area contributed by atoms with Crippen molar-refractivity contribution in [3.63, 3.8) is 0 Å². The maximum Gasteiger partial charge on any atom is 0.335 e. The molecule has 212 valence electrons. The van der Waals surface area contributed by atoms with E-state index in [9.17, 15) is 14.7 Å². The van der Waals surface area contributed by atoms with E-state index in [1.54, 1.807) is 32.7 Å². The van der Waals surface area contributed by atoms with Gasteiger partial charge in [-0.1, -0.05) is 6.07 Å². The van der Waals surface area contributed by atoms with Crippen molar-refractivity contribution in [1.82, 2.24) is 19.1 Å². The van der Waals surface area contributed by atoms with E-state index in [4.69, 9.17) is 14.5 Å². The van der Waals surface area contributed by atoms with Crippen molar-refractivity contribution < 1.29 is 24.2 Å². The number of aldehydes is 1. The first-order chi connectivity index (χ1) is 19.8. The van der Waals surface area contributed by atoms with Gasteiger partial charge >= 0.3 is 5.97 Å². The highest BCUT2D eigenvalue weighted by atomic mass is 16.5. The Balaban J connectivity index is 1.73. The molecule has 5 aromatic rings. The molecule has 0 saturated carbocycles. The Morgan fingerprint density at radius 3 is 2.59 bits per heavy atom. The van der Waals surface area contributed by atoms with Crippen LogP contribution in [0.5, 0.6) is 11.5 Å². The number of carboxylic acid groups (broad SMARTS) is 1. The van der Waals surface area contributed by atoms with Gasteiger partial charge in [0.2, 0.25) is 0 Å². The third-order valence-corrected chi connectivity index (χ3v) is 7.39. The van der Waals surface area contributed by atoms with Crippen LogP contribution in [0.15, 0.2) is 48.8 Å². The van der Waals surface area contributed by atoms with Crippen molar-refractivity contribution in [2.75, 3.05) is 19.5 Å². The van der Waals surface area contributed by atoms with Gasteiger partial charge in [0.15, 0.2) is 0 Å². The fourth-order valence-electron chi connectivity index (χ4n) is 5.47. The molecule has 0 aliphatic rings. The van der Waals surface area contributed by atoms with Crippen LogP contribution in [0.2, 0.25) is 0 Å². The monoisotopic (exact) mass is 555 g/mol. The highest BCUT2D eigenvalue weighted by Crippen LogP contribution is 2.42. The minimum atomic E-state index is -0.980. The van der Waals surface area contributed by atoms with E-state index in [0.29, 0.717) is 36.7 Å². The predicted octanol–water partition coefficient (Wildman–Crippen LogP) is 5.63. The third-order valence-electron chi connectivity index (χ3n) is 7.39. The molecule has 0 unspecified atom stereocenters. The van der Waals surface area contributed by atoms with Crippen LogP contribution in [0.3, 0.4) is 0 Å². The number of carbonyl (C=O) groups excluding carboxylic acids is 1. The fourth-order valence-corrected chi connectivity index (χ4v) is 5.47. The fraction of sp³-hybridized carbons (Fsp3) is 0.290. The second kappa shape index (κ2) is 11.3. The number of methoxy groups -OCH3 is 2. The lowest BCUT2D eigenvalue weighted by atomic mass is 10.0. The van der Waals surface area contributed by atoms with Gasteiger partial charge in [0, 0.05) is 59.8 Å². The topological polar surface area (TPSA) is 121 Å². The summed E-state index contributed by atoms with van der Waals surface area (Å²) in [7, 11) is 5.16. The molecule has 0 saturated heterocycles. The number of aromatic nitrogens is 4. The normalized spacial score (nSPS) is 11.4. The van der Waals surface area contributed by atoms with Crippen LogP contribution >= 0.6 is 0 Å². The van der Waals surface area contributed by atoms with Gasteiger partial charge in [-0.2, -0.15) is 0 Å². The second-order valence-electron chi connectivity index (χ2n) is 10.1. The minimum Gasteiger partial charge on any atom is -0.497 e. The van der Waals surface area contributed by atoms with Crippen molar-refractivity contribution in [3.8, 4) is 22.8 Å². The lowest BCUT2D eigenvalue weighted by molar-refractivity contribution is -0.107. The first kappa shape index (κ1) is 27.7. The quantitative estimate of drug-likeness (QED) is 0.201. The number of rotatable bonds is 11. The minimum absolute atomic E-state index is 0.0608. The summed E-state index contributed by atoms with van der Waals surface area (Å²) in [5.41, 5.74) is 5.46. The van der Waals surface area contributed by atoms with Gasteiger partial charge in [-0.3, -0.25) is 0 Å². The van der Waals surface area contributed by atoms with E-state index in [1.165, 1.54) is 0 Å². The molecule has 0 atom stereocenters. The number of nitrogens with one attached hydrogen (secondary N) is 1. The molecule has 0 bridgehead atoms. The zero-order valence-electron chi connectivity index (χ0n) is 23.8. The molecule has 0 aliphatic carbocycles. The summed E-state index contributed by atoms with van der Waals surface area (Å²) in [6.45, 7) is 4.61. The van der Waals surface area contributed by atoms with E-state index < -0.39 is 5.97 Å². The smallest absolute Gasteiger partial charge is 0.335 e. The lowest BCUT2D eigenvalue weighted by Gasteiger charge is -2.15. The summed E-state index contributed by atoms with van der Waals surface area (Å²) in [6.07, 6.45) is 3.33. The van der Waals surface area contributed by atoms with Gasteiger partial charge in [-0.05, 0) is 50.6 Å². The van der Waals surface area contributed by atoms with E-state index in [-0.39, 0.29) is 11.6 Å². The van der Waals surface area contributed by atoms with Gasteiger partial charge in [0.05, 0.1) is 30.9 Å². The Kier molecular flexibility index (Phi) is 7.65. The molecule has 2 aromatic carbocycles. The summed E-state index contributed by atoms with van der Waals surface area (Å²) >= 11 is 0. The van der Waals surface area contributed by atoms with Crippen LogP contribution in [0, 0.1) is 0 Å². The van der Waals surface area contributed by atoms with Gasteiger partial charge in [0.25, 0.3) is 0 Å². The number of carbonyl (C=O) groups is 2. The van der Waals surface area contributed by atoms with E-state index in [2.05, 4.69) is 28.7 Å².